The summed E-state index contributed by atoms with van der Waals surface area (Å²) in [7, 11) is 0. The third-order valence-electron chi connectivity index (χ3n) is 3.72. The van der Waals surface area contributed by atoms with Gasteiger partial charge in [-0.05, 0) is 45.5 Å². The topological polar surface area (TPSA) is 12.9 Å². The monoisotopic (exact) mass is 255 g/mol. The van der Waals surface area contributed by atoms with Crippen molar-refractivity contribution in [1.82, 2.24) is 4.98 Å². The highest BCUT2D eigenvalue weighted by Crippen LogP contribution is 2.44. The van der Waals surface area contributed by atoms with Crippen molar-refractivity contribution in [3.8, 4) is 11.1 Å². The van der Waals surface area contributed by atoms with Crippen LogP contribution in [0.4, 0.5) is 0 Å². The Morgan fingerprint density at radius 1 is 0.650 bits per heavy atom. The number of hydrogen-bond acceptors (Lipinski definition) is 1. The molecule has 0 atom stereocenters. The molecular weight excluding hydrogens is 242 g/mol. The second-order valence-corrected chi connectivity index (χ2v) is 4.94. The highest BCUT2D eigenvalue weighted by Gasteiger charge is 2.21. The predicted octanol–water partition coefficient (Wildman–Crippen LogP) is 4.65. The van der Waals surface area contributed by atoms with E-state index in [2.05, 4.69) is 65.7 Å². The van der Waals surface area contributed by atoms with Crippen LogP contribution in [0.2, 0.25) is 0 Å². The Morgan fingerprint density at radius 3 is 1.80 bits per heavy atom. The average Bonchev–Trinajstić information content (AvgIpc) is 2.84. The zero-order valence-electron chi connectivity index (χ0n) is 11.0. The molecule has 20 heavy (non-hydrogen) atoms. The van der Waals surface area contributed by atoms with E-state index in [-0.39, 0.29) is 0 Å². The second-order valence-electron chi connectivity index (χ2n) is 4.94. The van der Waals surface area contributed by atoms with Gasteiger partial charge in [0.1, 0.15) is 0 Å². The highest BCUT2D eigenvalue weighted by atomic mass is 14.6. The van der Waals surface area contributed by atoms with Crippen LogP contribution in [-0.4, -0.2) is 4.98 Å². The van der Waals surface area contributed by atoms with Gasteiger partial charge in [0.25, 0.3) is 0 Å². The molecule has 0 unspecified atom stereocenters. The van der Waals surface area contributed by atoms with Crippen LogP contribution >= 0.6 is 0 Å². The third kappa shape index (κ3) is 1.68. The smallest absolute Gasteiger partial charge is 0.0340 e. The number of nitrogens with zero attached hydrogens (tertiary/aromatic N) is 1. The molecule has 0 bridgehead atoms. The summed E-state index contributed by atoms with van der Waals surface area (Å²) in [4.78, 5) is 4.19. The van der Waals surface area contributed by atoms with Gasteiger partial charge in [-0.25, -0.2) is 0 Å². The summed E-state index contributed by atoms with van der Waals surface area (Å²) >= 11 is 0. The molecular formula is C19H13N. The summed E-state index contributed by atoms with van der Waals surface area (Å²) in [6, 6.07) is 21.2. The molecule has 0 aliphatic heterocycles. The van der Waals surface area contributed by atoms with E-state index in [0.29, 0.717) is 0 Å². The quantitative estimate of drug-likeness (QED) is 0.482. The number of rotatable bonds is 1. The summed E-state index contributed by atoms with van der Waals surface area (Å²) < 4.78 is 0. The SMILES string of the molecule is C(=C1c2ccccc2-c2ccccc21)c1cccnc1. The fraction of sp³-hybridized carbons (Fsp3) is 0. The first-order valence-corrected chi connectivity index (χ1v) is 6.74. The van der Waals surface area contributed by atoms with Crippen molar-refractivity contribution in [3.63, 3.8) is 0 Å². The molecule has 0 spiro atoms. The maximum Gasteiger partial charge on any atom is 0.0340 e. The molecule has 1 nitrogen and oxygen atoms in total. The van der Waals surface area contributed by atoms with E-state index < -0.39 is 0 Å². The Kier molecular flexibility index (Phi) is 2.49. The van der Waals surface area contributed by atoms with Crippen LogP contribution in [0, 0.1) is 0 Å². The standard InChI is InChI=1S/C19H13N/c1-3-9-17-15(7-1)16-8-2-4-10-18(16)19(17)12-14-6-5-11-20-13-14/h1-13H. The minimum absolute atomic E-state index is 1.13. The molecule has 2 aromatic carbocycles. The lowest BCUT2D eigenvalue weighted by Crippen LogP contribution is -1.82. The van der Waals surface area contributed by atoms with Gasteiger partial charge in [0, 0.05) is 12.4 Å². The molecule has 1 heteroatoms. The van der Waals surface area contributed by atoms with Crippen molar-refractivity contribution in [2.75, 3.05) is 0 Å². The van der Waals surface area contributed by atoms with Gasteiger partial charge in [-0.2, -0.15) is 0 Å². The zero-order valence-corrected chi connectivity index (χ0v) is 11.0. The Bertz CT molecular complexity index is 753. The van der Waals surface area contributed by atoms with Crippen molar-refractivity contribution >= 4 is 11.6 Å². The zero-order chi connectivity index (χ0) is 13.4. The second kappa shape index (κ2) is 4.46. The van der Waals surface area contributed by atoms with Crippen LogP contribution in [-0.2, 0) is 0 Å². The van der Waals surface area contributed by atoms with Crippen LogP contribution in [0.25, 0.3) is 22.8 Å². The average molecular weight is 255 g/mol. The minimum Gasteiger partial charge on any atom is -0.264 e. The summed E-state index contributed by atoms with van der Waals surface area (Å²) in [6.45, 7) is 0. The van der Waals surface area contributed by atoms with E-state index in [1.54, 1.807) is 6.20 Å². The fourth-order valence-corrected chi connectivity index (χ4v) is 2.83. The van der Waals surface area contributed by atoms with E-state index in [1.807, 2.05) is 12.3 Å². The number of benzene rings is 2. The highest BCUT2D eigenvalue weighted by molar-refractivity contribution is 6.06. The summed E-state index contributed by atoms with van der Waals surface area (Å²) in [5, 5.41) is 0. The molecule has 1 aliphatic rings. The maximum atomic E-state index is 4.19. The molecule has 94 valence electrons. The maximum absolute atomic E-state index is 4.19. The van der Waals surface area contributed by atoms with Crippen LogP contribution in [0.1, 0.15) is 16.7 Å². The minimum atomic E-state index is 1.13. The van der Waals surface area contributed by atoms with Crippen molar-refractivity contribution < 1.29 is 0 Å². The van der Waals surface area contributed by atoms with Gasteiger partial charge in [0.05, 0.1) is 0 Å². The van der Waals surface area contributed by atoms with E-state index in [0.717, 1.165) is 5.56 Å². The lowest BCUT2D eigenvalue weighted by Gasteiger charge is -2.02. The first-order chi connectivity index (χ1) is 9.93. The molecule has 0 N–H and O–H groups in total. The normalized spacial score (nSPS) is 11.9. The van der Waals surface area contributed by atoms with E-state index >= 15 is 0 Å². The van der Waals surface area contributed by atoms with Crippen LogP contribution in [0.3, 0.4) is 0 Å². The van der Waals surface area contributed by atoms with Crippen molar-refractivity contribution in [2.45, 2.75) is 0 Å². The van der Waals surface area contributed by atoms with E-state index in [1.165, 1.54) is 27.8 Å². The largest absolute Gasteiger partial charge is 0.264 e. The molecule has 1 heterocycles. The first-order valence-electron chi connectivity index (χ1n) is 6.74. The Labute approximate surface area is 118 Å². The molecule has 0 saturated carbocycles. The lowest BCUT2D eigenvalue weighted by molar-refractivity contribution is 1.32. The number of fused-ring (bicyclic) bond motifs is 3. The van der Waals surface area contributed by atoms with Crippen molar-refractivity contribution in [1.29, 1.82) is 0 Å². The van der Waals surface area contributed by atoms with Gasteiger partial charge < -0.3 is 0 Å². The molecule has 1 aliphatic carbocycles. The van der Waals surface area contributed by atoms with Gasteiger partial charge in [-0.15, -0.1) is 0 Å². The summed E-state index contributed by atoms with van der Waals surface area (Å²) in [5.74, 6) is 0. The Morgan fingerprint density at radius 2 is 1.25 bits per heavy atom. The Balaban J connectivity index is 1.99. The van der Waals surface area contributed by atoms with Gasteiger partial charge in [-0.3, -0.25) is 4.98 Å². The molecule has 0 radical (unpaired) electrons. The van der Waals surface area contributed by atoms with Gasteiger partial charge in [0.15, 0.2) is 0 Å². The molecule has 3 aromatic rings. The van der Waals surface area contributed by atoms with Gasteiger partial charge >= 0.3 is 0 Å². The van der Waals surface area contributed by atoms with Crippen molar-refractivity contribution in [2.24, 2.45) is 0 Å². The number of hydrogen-bond donors (Lipinski definition) is 0. The van der Waals surface area contributed by atoms with Crippen LogP contribution < -0.4 is 0 Å². The van der Waals surface area contributed by atoms with Crippen LogP contribution in [0.5, 0.6) is 0 Å². The lowest BCUT2D eigenvalue weighted by atomic mass is 10.0. The van der Waals surface area contributed by atoms with Gasteiger partial charge in [0.2, 0.25) is 0 Å². The molecule has 4 rings (SSSR count). The number of aromatic nitrogens is 1. The fourth-order valence-electron chi connectivity index (χ4n) is 2.83. The first kappa shape index (κ1) is 11.2. The number of pyridine rings is 1. The van der Waals surface area contributed by atoms with Gasteiger partial charge in [-0.1, -0.05) is 54.6 Å². The van der Waals surface area contributed by atoms with Crippen molar-refractivity contribution in [3.05, 3.63) is 89.7 Å². The molecule has 1 aromatic heterocycles. The van der Waals surface area contributed by atoms with E-state index in [4.69, 9.17) is 0 Å². The van der Waals surface area contributed by atoms with Crippen LogP contribution in [0.15, 0.2) is 73.1 Å². The molecule has 0 fully saturated rings. The molecule has 0 saturated heterocycles. The summed E-state index contributed by atoms with van der Waals surface area (Å²) in [6.07, 6.45) is 5.92. The summed E-state index contributed by atoms with van der Waals surface area (Å²) in [5.41, 5.74) is 7.66. The third-order valence-corrected chi connectivity index (χ3v) is 3.72. The van der Waals surface area contributed by atoms with E-state index in [9.17, 15) is 0 Å². The Hall–Kier alpha value is -2.67. The molecule has 0 amide bonds. The predicted molar refractivity (Wildman–Crippen MR) is 83.1 cm³/mol.